The highest BCUT2D eigenvalue weighted by molar-refractivity contribution is 7.98. The van der Waals surface area contributed by atoms with Crippen LogP contribution in [0.4, 0.5) is 0 Å². The second-order valence-electron chi connectivity index (χ2n) is 4.47. The Labute approximate surface area is 126 Å². The van der Waals surface area contributed by atoms with Crippen molar-refractivity contribution in [1.82, 2.24) is 4.98 Å². The van der Waals surface area contributed by atoms with Crippen molar-refractivity contribution in [2.24, 2.45) is 5.73 Å². The SMILES string of the molecule is Cc1c(Cl)c(CSCC(N)C(=O)O)nc2ccccc12. The molecule has 20 heavy (non-hydrogen) atoms. The number of fused-ring (bicyclic) bond motifs is 1. The van der Waals surface area contributed by atoms with Gasteiger partial charge in [-0.2, -0.15) is 11.8 Å². The van der Waals surface area contributed by atoms with E-state index in [1.807, 2.05) is 31.2 Å². The van der Waals surface area contributed by atoms with E-state index in [4.69, 9.17) is 22.4 Å². The van der Waals surface area contributed by atoms with Gasteiger partial charge in [-0.3, -0.25) is 9.78 Å². The minimum absolute atomic E-state index is 0.333. The maximum absolute atomic E-state index is 10.7. The number of carbonyl (C=O) groups is 1. The van der Waals surface area contributed by atoms with Crippen LogP contribution in [-0.4, -0.2) is 27.9 Å². The number of nitrogens with two attached hydrogens (primary N) is 1. The second-order valence-corrected chi connectivity index (χ2v) is 5.88. The maximum Gasteiger partial charge on any atom is 0.321 e. The zero-order valence-corrected chi connectivity index (χ0v) is 12.5. The van der Waals surface area contributed by atoms with Gasteiger partial charge in [0.05, 0.1) is 16.2 Å². The highest BCUT2D eigenvalue weighted by atomic mass is 35.5. The standard InChI is InChI=1S/C14H15ClN2O2S/c1-8-9-4-2-3-5-11(9)17-12(13(8)15)7-20-6-10(16)14(18)19/h2-5,10H,6-7,16H2,1H3,(H,18,19). The van der Waals surface area contributed by atoms with E-state index in [0.29, 0.717) is 16.5 Å². The monoisotopic (exact) mass is 310 g/mol. The number of aliphatic carboxylic acids is 1. The van der Waals surface area contributed by atoms with Gasteiger partial charge < -0.3 is 10.8 Å². The lowest BCUT2D eigenvalue weighted by atomic mass is 10.1. The molecule has 0 fully saturated rings. The third kappa shape index (κ3) is 3.23. The first-order chi connectivity index (χ1) is 9.50. The van der Waals surface area contributed by atoms with E-state index in [9.17, 15) is 4.79 Å². The number of halogens is 1. The van der Waals surface area contributed by atoms with E-state index in [2.05, 4.69) is 4.98 Å². The van der Waals surface area contributed by atoms with Crippen molar-refractivity contribution in [2.75, 3.05) is 5.75 Å². The van der Waals surface area contributed by atoms with E-state index in [1.165, 1.54) is 11.8 Å². The average Bonchev–Trinajstić information content (AvgIpc) is 2.44. The number of aryl methyl sites for hydroxylation is 1. The summed E-state index contributed by atoms with van der Waals surface area (Å²) in [6, 6.07) is 6.95. The van der Waals surface area contributed by atoms with Crippen LogP contribution >= 0.6 is 23.4 Å². The van der Waals surface area contributed by atoms with Gasteiger partial charge in [0.2, 0.25) is 0 Å². The van der Waals surface area contributed by atoms with E-state index in [0.717, 1.165) is 22.2 Å². The molecule has 0 spiro atoms. The topological polar surface area (TPSA) is 76.2 Å². The fraction of sp³-hybridized carbons (Fsp3) is 0.286. The Hall–Kier alpha value is -1.30. The van der Waals surface area contributed by atoms with Crippen molar-refractivity contribution in [3.63, 3.8) is 0 Å². The predicted molar refractivity (Wildman–Crippen MR) is 83.3 cm³/mol. The quantitative estimate of drug-likeness (QED) is 0.888. The van der Waals surface area contributed by atoms with Crippen LogP contribution in [0.1, 0.15) is 11.3 Å². The molecule has 1 atom stereocenters. The van der Waals surface area contributed by atoms with Gasteiger partial charge in [-0.1, -0.05) is 29.8 Å². The van der Waals surface area contributed by atoms with Crippen LogP contribution in [0, 0.1) is 6.92 Å². The highest BCUT2D eigenvalue weighted by Crippen LogP contribution is 2.29. The van der Waals surface area contributed by atoms with Gasteiger partial charge in [-0.15, -0.1) is 0 Å². The van der Waals surface area contributed by atoms with Gasteiger partial charge >= 0.3 is 5.97 Å². The first-order valence-electron chi connectivity index (χ1n) is 6.10. The number of pyridine rings is 1. The predicted octanol–water partition coefficient (Wildman–Crippen LogP) is 2.84. The lowest BCUT2D eigenvalue weighted by molar-refractivity contribution is -0.137. The molecule has 0 bridgehead atoms. The molecule has 106 valence electrons. The molecule has 2 aromatic rings. The molecule has 0 aliphatic carbocycles. The largest absolute Gasteiger partial charge is 0.480 e. The molecule has 0 radical (unpaired) electrons. The van der Waals surface area contributed by atoms with E-state index in [1.54, 1.807) is 0 Å². The van der Waals surface area contributed by atoms with Crippen molar-refractivity contribution in [2.45, 2.75) is 18.7 Å². The molecule has 1 heterocycles. The van der Waals surface area contributed by atoms with Crippen LogP contribution < -0.4 is 5.73 Å². The van der Waals surface area contributed by atoms with E-state index in [-0.39, 0.29) is 0 Å². The number of hydrogen-bond donors (Lipinski definition) is 2. The Morgan fingerprint density at radius 3 is 2.90 bits per heavy atom. The number of para-hydroxylation sites is 1. The summed E-state index contributed by atoms with van der Waals surface area (Å²) in [5, 5.41) is 10.4. The summed E-state index contributed by atoms with van der Waals surface area (Å²) in [5.41, 5.74) is 8.13. The Balaban J connectivity index is 2.18. The van der Waals surface area contributed by atoms with Gasteiger partial charge in [0.25, 0.3) is 0 Å². The lowest BCUT2D eigenvalue weighted by Crippen LogP contribution is -2.32. The van der Waals surface area contributed by atoms with Crippen LogP contribution in [0.25, 0.3) is 10.9 Å². The van der Waals surface area contributed by atoms with Crippen LogP contribution in [0.2, 0.25) is 5.02 Å². The third-order valence-electron chi connectivity index (χ3n) is 3.00. The van der Waals surface area contributed by atoms with Crippen LogP contribution in [0.15, 0.2) is 24.3 Å². The number of benzene rings is 1. The molecular weight excluding hydrogens is 296 g/mol. The van der Waals surface area contributed by atoms with E-state index < -0.39 is 12.0 Å². The molecular formula is C14H15ClN2O2S. The van der Waals surface area contributed by atoms with Crippen molar-refractivity contribution in [3.8, 4) is 0 Å². The number of hydrogen-bond acceptors (Lipinski definition) is 4. The number of aromatic nitrogens is 1. The average molecular weight is 311 g/mol. The van der Waals surface area contributed by atoms with Crippen LogP contribution in [0.5, 0.6) is 0 Å². The molecule has 1 aromatic carbocycles. The summed E-state index contributed by atoms with van der Waals surface area (Å²) in [6.07, 6.45) is 0. The Bertz CT molecular complexity index is 648. The summed E-state index contributed by atoms with van der Waals surface area (Å²) in [6.45, 7) is 1.96. The first kappa shape index (κ1) is 15.1. The Kier molecular flexibility index (Phi) is 4.86. The molecule has 0 amide bonds. The maximum atomic E-state index is 10.7. The van der Waals surface area contributed by atoms with Gasteiger partial charge in [0, 0.05) is 16.9 Å². The minimum Gasteiger partial charge on any atom is -0.480 e. The van der Waals surface area contributed by atoms with Crippen molar-refractivity contribution in [3.05, 3.63) is 40.5 Å². The number of carboxylic acids is 1. The number of nitrogens with zero attached hydrogens (tertiary/aromatic N) is 1. The van der Waals surface area contributed by atoms with E-state index >= 15 is 0 Å². The molecule has 1 unspecified atom stereocenters. The van der Waals surface area contributed by atoms with Crippen LogP contribution in [0.3, 0.4) is 0 Å². The summed E-state index contributed by atoms with van der Waals surface area (Å²) < 4.78 is 0. The Morgan fingerprint density at radius 2 is 2.20 bits per heavy atom. The summed E-state index contributed by atoms with van der Waals surface area (Å²) >= 11 is 7.75. The molecule has 0 aliphatic heterocycles. The summed E-state index contributed by atoms with van der Waals surface area (Å²) in [4.78, 5) is 15.2. The van der Waals surface area contributed by atoms with Crippen molar-refractivity contribution >= 4 is 40.2 Å². The van der Waals surface area contributed by atoms with Crippen molar-refractivity contribution in [1.29, 1.82) is 0 Å². The zero-order chi connectivity index (χ0) is 14.7. The molecule has 1 aromatic heterocycles. The van der Waals surface area contributed by atoms with Gasteiger partial charge in [-0.25, -0.2) is 0 Å². The number of carboxylic acid groups (broad SMARTS) is 1. The fourth-order valence-electron chi connectivity index (χ4n) is 1.87. The first-order valence-corrected chi connectivity index (χ1v) is 7.64. The Morgan fingerprint density at radius 1 is 1.50 bits per heavy atom. The normalized spacial score (nSPS) is 12.6. The summed E-state index contributed by atoms with van der Waals surface area (Å²) in [5.74, 6) is -0.115. The van der Waals surface area contributed by atoms with Gasteiger partial charge in [-0.05, 0) is 18.6 Å². The van der Waals surface area contributed by atoms with Crippen molar-refractivity contribution < 1.29 is 9.90 Å². The highest BCUT2D eigenvalue weighted by Gasteiger charge is 2.13. The smallest absolute Gasteiger partial charge is 0.321 e. The van der Waals surface area contributed by atoms with Gasteiger partial charge in [0.1, 0.15) is 6.04 Å². The minimum atomic E-state index is -0.994. The molecule has 3 N–H and O–H groups in total. The molecule has 0 aliphatic rings. The number of thioether (sulfide) groups is 1. The molecule has 6 heteroatoms. The lowest BCUT2D eigenvalue weighted by Gasteiger charge is -2.10. The fourth-order valence-corrected chi connectivity index (χ4v) is 3.07. The molecule has 0 saturated heterocycles. The summed E-state index contributed by atoms with van der Waals surface area (Å²) in [7, 11) is 0. The zero-order valence-electron chi connectivity index (χ0n) is 11.0. The molecule has 0 saturated carbocycles. The molecule has 4 nitrogen and oxygen atoms in total. The molecule has 2 rings (SSSR count). The number of rotatable bonds is 5. The second kappa shape index (κ2) is 6.43. The third-order valence-corrected chi connectivity index (χ3v) is 4.57. The van der Waals surface area contributed by atoms with Gasteiger partial charge in [0.15, 0.2) is 0 Å². The van der Waals surface area contributed by atoms with Crippen LogP contribution in [-0.2, 0) is 10.5 Å².